The van der Waals surface area contributed by atoms with Crippen molar-refractivity contribution in [2.75, 3.05) is 0 Å². The fraction of sp³-hybridized carbons (Fsp3) is 0.267. The first kappa shape index (κ1) is 15.2. The van der Waals surface area contributed by atoms with Crippen molar-refractivity contribution in [3.63, 3.8) is 0 Å². The molecule has 0 aromatic carbocycles. The van der Waals surface area contributed by atoms with E-state index in [1.54, 1.807) is 46.1 Å². The molecule has 114 valence electrons. The summed E-state index contributed by atoms with van der Waals surface area (Å²) < 4.78 is 2.99. The van der Waals surface area contributed by atoms with E-state index in [0.29, 0.717) is 16.9 Å². The van der Waals surface area contributed by atoms with Crippen molar-refractivity contribution in [3.8, 4) is 0 Å². The van der Waals surface area contributed by atoms with Crippen molar-refractivity contribution >= 4 is 21.6 Å². The fourth-order valence-electron chi connectivity index (χ4n) is 2.37. The Kier molecular flexibility index (Phi) is 4.01. The van der Waals surface area contributed by atoms with E-state index in [1.807, 2.05) is 25.1 Å². The summed E-state index contributed by atoms with van der Waals surface area (Å²) in [6, 6.07) is 5.76. The molecule has 3 rings (SSSR count). The van der Waals surface area contributed by atoms with Crippen LogP contribution >= 0.6 is 21.6 Å². The standard InChI is InChI=1S/C15H15N3O2S2/c1-9-11(3)17-12(10(2)15(20)18(17)14(9)19)8-21-22-13-6-4-5-7-16-13/h4-7H,8H2,1-3H3. The molecule has 0 aliphatic heterocycles. The lowest BCUT2D eigenvalue weighted by atomic mass is 10.2. The normalized spacial score (nSPS) is 11.4. The third kappa shape index (κ3) is 2.34. The van der Waals surface area contributed by atoms with Crippen LogP contribution in [-0.4, -0.2) is 14.0 Å². The molecule has 0 atom stereocenters. The lowest BCUT2D eigenvalue weighted by molar-refractivity contribution is 0.765. The molecule has 0 unspecified atom stereocenters. The average Bonchev–Trinajstić information content (AvgIpc) is 2.90. The lowest BCUT2D eigenvalue weighted by Crippen LogP contribution is -2.23. The minimum absolute atomic E-state index is 0.223. The minimum atomic E-state index is -0.223. The van der Waals surface area contributed by atoms with Gasteiger partial charge < -0.3 is 0 Å². The van der Waals surface area contributed by atoms with Crippen LogP contribution in [0.4, 0.5) is 0 Å². The number of nitrogens with zero attached hydrogens (tertiary/aromatic N) is 3. The van der Waals surface area contributed by atoms with Gasteiger partial charge in [-0.05, 0) is 43.7 Å². The molecule has 7 heteroatoms. The Morgan fingerprint density at radius 2 is 1.77 bits per heavy atom. The summed E-state index contributed by atoms with van der Waals surface area (Å²) >= 11 is 0. The zero-order valence-electron chi connectivity index (χ0n) is 12.5. The van der Waals surface area contributed by atoms with Crippen LogP contribution in [0.3, 0.4) is 0 Å². The van der Waals surface area contributed by atoms with Crippen LogP contribution < -0.4 is 11.1 Å². The number of rotatable bonds is 4. The Hall–Kier alpha value is -1.73. The fourth-order valence-corrected chi connectivity index (χ4v) is 4.41. The first-order valence-corrected chi connectivity index (χ1v) is 9.11. The summed E-state index contributed by atoms with van der Waals surface area (Å²) in [6.45, 7) is 5.40. The quantitative estimate of drug-likeness (QED) is 0.687. The molecule has 5 nitrogen and oxygen atoms in total. The summed E-state index contributed by atoms with van der Waals surface area (Å²) in [4.78, 5) is 28.7. The first-order chi connectivity index (χ1) is 10.5. The molecule has 3 heterocycles. The molecule has 0 spiro atoms. The van der Waals surface area contributed by atoms with Gasteiger partial charge in [0.25, 0.3) is 11.1 Å². The zero-order valence-corrected chi connectivity index (χ0v) is 14.1. The molecule has 22 heavy (non-hydrogen) atoms. The molecule has 0 N–H and O–H groups in total. The molecule has 0 saturated heterocycles. The number of fused-ring (bicyclic) bond motifs is 1. The highest BCUT2D eigenvalue weighted by atomic mass is 33.1. The maximum Gasteiger partial charge on any atom is 0.277 e. The zero-order chi connectivity index (χ0) is 15.9. The van der Waals surface area contributed by atoms with Gasteiger partial charge >= 0.3 is 0 Å². The molecular weight excluding hydrogens is 318 g/mol. The van der Waals surface area contributed by atoms with Gasteiger partial charge in [0.15, 0.2) is 0 Å². The second-order valence-electron chi connectivity index (χ2n) is 5.03. The number of aromatic nitrogens is 3. The molecule has 0 aliphatic carbocycles. The SMILES string of the molecule is Cc1c(C)n2c(CSSc3ccccn3)c(C)c(=O)n2c1=O. The molecule has 3 aromatic rings. The number of hydrogen-bond acceptors (Lipinski definition) is 5. The highest BCUT2D eigenvalue weighted by Gasteiger charge is 2.20. The highest BCUT2D eigenvalue weighted by molar-refractivity contribution is 8.76. The number of aryl methyl sites for hydroxylation is 1. The van der Waals surface area contributed by atoms with Crippen molar-refractivity contribution in [1.29, 1.82) is 0 Å². The second kappa shape index (κ2) is 5.81. The van der Waals surface area contributed by atoms with Crippen LogP contribution in [-0.2, 0) is 5.75 Å². The van der Waals surface area contributed by atoms with E-state index in [1.165, 1.54) is 4.52 Å². The minimum Gasteiger partial charge on any atom is -0.267 e. The Morgan fingerprint density at radius 1 is 1.05 bits per heavy atom. The molecule has 3 aromatic heterocycles. The van der Waals surface area contributed by atoms with E-state index in [2.05, 4.69) is 4.98 Å². The van der Waals surface area contributed by atoms with Gasteiger partial charge in [-0.3, -0.25) is 14.1 Å². The van der Waals surface area contributed by atoms with Gasteiger partial charge in [0.1, 0.15) is 5.03 Å². The molecule has 0 saturated carbocycles. The van der Waals surface area contributed by atoms with Gasteiger partial charge in [-0.15, -0.1) is 0 Å². The van der Waals surface area contributed by atoms with Crippen LogP contribution in [0.1, 0.15) is 22.5 Å². The maximum atomic E-state index is 12.3. The Morgan fingerprint density at radius 3 is 2.45 bits per heavy atom. The van der Waals surface area contributed by atoms with Crippen molar-refractivity contribution in [2.45, 2.75) is 31.6 Å². The Bertz CT molecular complexity index is 932. The highest BCUT2D eigenvalue weighted by Crippen LogP contribution is 2.32. The third-order valence-electron chi connectivity index (χ3n) is 3.75. The van der Waals surface area contributed by atoms with E-state index >= 15 is 0 Å². The Labute approximate surface area is 135 Å². The van der Waals surface area contributed by atoms with Crippen molar-refractivity contribution in [2.24, 2.45) is 0 Å². The largest absolute Gasteiger partial charge is 0.277 e. The van der Waals surface area contributed by atoms with Crippen molar-refractivity contribution in [3.05, 3.63) is 67.6 Å². The molecule has 0 radical (unpaired) electrons. The predicted octanol–water partition coefficient (Wildman–Crippen LogP) is 2.46. The van der Waals surface area contributed by atoms with Crippen LogP contribution in [0.25, 0.3) is 0 Å². The second-order valence-corrected chi connectivity index (χ2v) is 7.35. The van der Waals surface area contributed by atoms with E-state index < -0.39 is 0 Å². The van der Waals surface area contributed by atoms with Crippen LogP contribution in [0, 0.1) is 20.8 Å². The molecular formula is C15H15N3O2S2. The van der Waals surface area contributed by atoms with Gasteiger partial charge in [0.05, 0.1) is 5.69 Å². The van der Waals surface area contributed by atoms with E-state index in [4.69, 9.17) is 0 Å². The molecule has 0 fully saturated rings. The van der Waals surface area contributed by atoms with Gasteiger partial charge in [-0.25, -0.2) is 4.98 Å². The smallest absolute Gasteiger partial charge is 0.267 e. The van der Waals surface area contributed by atoms with Gasteiger partial charge in [-0.2, -0.15) is 4.52 Å². The summed E-state index contributed by atoms with van der Waals surface area (Å²) in [5.41, 5.74) is 2.52. The van der Waals surface area contributed by atoms with Gasteiger partial charge in [0.2, 0.25) is 0 Å². The van der Waals surface area contributed by atoms with E-state index in [9.17, 15) is 9.59 Å². The van der Waals surface area contributed by atoms with Crippen molar-refractivity contribution < 1.29 is 0 Å². The molecule has 0 amide bonds. The topological polar surface area (TPSA) is 55.9 Å². The molecule has 0 bridgehead atoms. The predicted molar refractivity (Wildman–Crippen MR) is 90.2 cm³/mol. The van der Waals surface area contributed by atoms with E-state index in [-0.39, 0.29) is 11.1 Å². The van der Waals surface area contributed by atoms with Crippen molar-refractivity contribution in [1.82, 2.24) is 14.0 Å². The van der Waals surface area contributed by atoms with Gasteiger partial charge in [0, 0.05) is 28.8 Å². The summed E-state index contributed by atoms with van der Waals surface area (Å²) in [6.07, 6.45) is 1.75. The van der Waals surface area contributed by atoms with Gasteiger partial charge in [-0.1, -0.05) is 16.9 Å². The average molecular weight is 333 g/mol. The monoisotopic (exact) mass is 333 g/mol. The summed E-state index contributed by atoms with van der Waals surface area (Å²) in [5.74, 6) is 0.632. The first-order valence-electron chi connectivity index (χ1n) is 6.79. The van der Waals surface area contributed by atoms with Crippen LogP contribution in [0.15, 0.2) is 39.0 Å². The number of hydrogen-bond donors (Lipinski definition) is 0. The van der Waals surface area contributed by atoms with Crippen LogP contribution in [0.5, 0.6) is 0 Å². The molecule has 0 aliphatic rings. The number of pyridine rings is 1. The Balaban J connectivity index is 1.94. The summed E-state index contributed by atoms with van der Waals surface area (Å²) in [5, 5.41) is 0.924. The third-order valence-corrected chi connectivity index (χ3v) is 5.89. The maximum absolute atomic E-state index is 12.3. The van der Waals surface area contributed by atoms with E-state index in [0.717, 1.165) is 16.4 Å². The van der Waals surface area contributed by atoms with Crippen LogP contribution in [0.2, 0.25) is 0 Å². The summed E-state index contributed by atoms with van der Waals surface area (Å²) in [7, 11) is 3.17. The lowest BCUT2D eigenvalue weighted by Gasteiger charge is -2.03.